The average Bonchev–Trinajstić information content (AvgIpc) is 3.35. The highest BCUT2D eigenvalue weighted by Crippen LogP contribution is 2.55. The van der Waals surface area contributed by atoms with Crippen molar-refractivity contribution in [3.63, 3.8) is 0 Å². The molecule has 0 spiro atoms. The molecule has 8 heteroatoms. The van der Waals surface area contributed by atoms with Crippen LogP contribution in [0.15, 0.2) is 6.20 Å². The fourth-order valence-electron chi connectivity index (χ4n) is 7.89. The molecule has 184 valence electrons. The smallest absolute Gasteiger partial charge is 0.254 e. The van der Waals surface area contributed by atoms with Gasteiger partial charge in [0, 0.05) is 51.3 Å². The summed E-state index contributed by atoms with van der Waals surface area (Å²) in [6.45, 7) is 4.39. The molecule has 6 aliphatic rings. The lowest BCUT2D eigenvalue weighted by Gasteiger charge is -2.58. The predicted molar refractivity (Wildman–Crippen MR) is 127 cm³/mol. The third kappa shape index (κ3) is 3.97. The number of piperazine rings is 1. The number of nitrogens with zero attached hydrogens (tertiary/aromatic N) is 4. The molecule has 6 fully saturated rings. The van der Waals surface area contributed by atoms with Crippen molar-refractivity contribution < 1.29 is 14.7 Å². The molecule has 0 aromatic carbocycles. The first-order valence-corrected chi connectivity index (χ1v) is 13.3. The molecule has 0 radical (unpaired) electrons. The lowest BCUT2D eigenvalue weighted by Crippen LogP contribution is -2.61. The molecule has 34 heavy (non-hydrogen) atoms. The van der Waals surface area contributed by atoms with E-state index in [1.165, 1.54) is 12.8 Å². The number of amides is 2. The summed E-state index contributed by atoms with van der Waals surface area (Å²) in [7, 11) is 0. The number of aliphatic hydroxyl groups is 1. The third-order valence-corrected chi connectivity index (χ3v) is 9.34. The maximum Gasteiger partial charge on any atom is 0.254 e. The Bertz CT molecular complexity index is 953. The first-order valence-electron chi connectivity index (χ1n) is 13.3. The van der Waals surface area contributed by atoms with E-state index in [-0.39, 0.29) is 17.9 Å². The molecule has 2 N–H and O–H groups in total. The molecule has 2 amide bonds. The van der Waals surface area contributed by atoms with Crippen LogP contribution in [0.5, 0.6) is 0 Å². The van der Waals surface area contributed by atoms with Gasteiger partial charge >= 0.3 is 0 Å². The Morgan fingerprint density at radius 2 is 1.74 bits per heavy atom. The van der Waals surface area contributed by atoms with Crippen LogP contribution in [0.2, 0.25) is 0 Å². The van der Waals surface area contributed by atoms with Crippen molar-refractivity contribution in [1.82, 2.24) is 20.2 Å². The zero-order valence-corrected chi connectivity index (χ0v) is 20.2. The van der Waals surface area contributed by atoms with E-state index in [1.54, 1.807) is 13.1 Å². The molecular weight excluding hydrogens is 430 g/mol. The van der Waals surface area contributed by atoms with Crippen molar-refractivity contribution >= 4 is 17.8 Å². The zero-order chi connectivity index (χ0) is 23.4. The van der Waals surface area contributed by atoms with Gasteiger partial charge in [-0.05, 0) is 62.7 Å². The molecule has 1 aromatic heterocycles. The Morgan fingerprint density at radius 3 is 2.35 bits per heavy atom. The van der Waals surface area contributed by atoms with E-state index in [0.717, 1.165) is 50.6 Å². The molecule has 8 nitrogen and oxygen atoms in total. The van der Waals surface area contributed by atoms with Gasteiger partial charge in [-0.15, -0.1) is 0 Å². The van der Waals surface area contributed by atoms with E-state index in [9.17, 15) is 14.7 Å². The molecule has 2 heterocycles. The van der Waals surface area contributed by atoms with Gasteiger partial charge in [-0.1, -0.05) is 12.8 Å². The topological polar surface area (TPSA) is 98.7 Å². The van der Waals surface area contributed by atoms with Crippen molar-refractivity contribution in [1.29, 1.82) is 0 Å². The van der Waals surface area contributed by atoms with E-state index in [1.807, 2.05) is 4.90 Å². The summed E-state index contributed by atoms with van der Waals surface area (Å²) in [6.07, 6.45) is 11.1. The van der Waals surface area contributed by atoms with Gasteiger partial charge in [0.1, 0.15) is 0 Å². The zero-order valence-electron chi connectivity index (χ0n) is 20.2. The number of hydrogen-bond donors (Lipinski definition) is 2. The van der Waals surface area contributed by atoms with Gasteiger partial charge in [0.2, 0.25) is 11.9 Å². The molecule has 4 bridgehead atoms. The second kappa shape index (κ2) is 8.47. The van der Waals surface area contributed by atoms with Gasteiger partial charge < -0.3 is 20.2 Å². The van der Waals surface area contributed by atoms with Gasteiger partial charge in [-0.2, -0.15) is 0 Å². The van der Waals surface area contributed by atoms with Crippen LogP contribution in [-0.4, -0.2) is 69.6 Å². The van der Waals surface area contributed by atoms with E-state index >= 15 is 0 Å². The number of anilines is 1. The minimum Gasteiger partial charge on any atom is -0.390 e. The molecule has 5 aliphatic carbocycles. The van der Waals surface area contributed by atoms with Gasteiger partial charge in [-0.3, -0.25) is 9.59 Å². The SMILES string of the molecule is CC(=O)N1CCN(c2ncc(C(=O)NC3C4CC5CC3CC(O)(C5)C4)c(C3CCCC3)n2)CC1. The number of aromatic nitrogens is 2. The summed E-state index contributed by atoms with van der Waals surface area (Å²) in [6, 6.07) is 0.153. The first kappa shape index (κ1) is 22.3. The summed E-state index contributed by atoms with van der Waals surface area (Å²) in [5.41, 5.74) is 1.03. The van der Waals surface area contributed by atoms with Crippen molar-refractivity contribution in [2.45, 2.75) is 82.3 Å². The maximum absolute atomic E-state index is 13.6. The Morgan fingerprint density at radius 1 is 1.06 bits per heavy atom. The first-order chi connectivity index (χ1) is 16.4. The van der Waals surface area contributed by atoms with Crippen LogP contribution in [0.4, 0.5) is 5.95 Å². The monoisotopic (exact) mass is 467 g/mol. The number of hydrogen-bond acceptors (Lipinski definition) is 6. The van der Waals surface area contributed by atoms with Gasteiger partial charge in [0.15, 0.2) is 0 Å². The highest BCUT2D eigenvalue weighted by atomic mass is 16.3. The van der Waals surface area contributed by atoms with Crippen LogP contribution in [0, 0.1) is 17.8 Å². The van der Waals surface area contributed by atoms with Crippen LogP contribution in [0.1, 0.15) is 86.7 Å². The summed E-state index contributed by atoms with van der Waals surface area (Å²) in [5.74, 6) is 2.44. The van der Waals surface area contributed by atoms with Gasteiger partial charge in [-0.25, -0.2) is 9.97 Å². The Balaban J connectivity index is 1.22. The number of rotatable bonds is 4. The van der Waals surface area contributed by atoms with Gasteiger partial charge in [0.25, 0.3) is 5.91 Å². The van der Waals surface area contributed by atoms with Crippen LogP contribution in [0.3, 0.4) is 0 Å². The molecular formula is C26H37N5O3. The second-order valence-corrected chi connectivity index (χ2v) is 11.6. The quantitative estimate of drug-likeness (QED) is 0.706. The molecule has 5 saturated carbocycles. The molecule has 1 saturated heterocycles. The second-order valence-electron chi connectivity index (χ2n) is 11.6. The minimum atomic E-state index is -0.496. The average molecular weight is 468 g/mol. The van der Waals surface area contributed by atoms with E-state index in [0.29, 0.717) is 61.4 Å². The van der Waals surface area contributed by atoms with E-state index < -0.39 is 5.60 Å². The standard InChI is InChI=1S/C26H37N5O3/c1-16(32)30-6-8-31(9-7-30)25-27-15-21(23(29-25)18-4-2-3-5-18)24(33)28-22-19-10-17-11-20(22)14-26(34,12-17)13-19/h15,17-20,22,34H,2-14H2,1H3,(H,28,33). The fraction of sp³-hybridized carbons (Fsp3) is 0.769. The van der Waals surface area contributed by atoms with Crippen molar-refractivity contribution in [2.75, 3.05) is 31.1 Å². The van der Waals surface area contributed by atoms with Crippen LogP contribution in [-0.2, 0) is 4.79 Å². The summed E-state index contributed by atoms with van der Waals surface area (Å²) in [5, 5.41) is 14.3. The third-order valence-electron chi connectivity index (χ3n) is 9.34. The lowest BCUT2D eigenvalue weighted by atomic mass is 9.52. The number of carbonyl (C=O) groups excluding carboxylic acids is 2. The summed E-state index contributed by atoms with van der Waals surface area (Å²) < 4.78 is 0. The van der Waals surface area contributed by atoms with Crippen molar-refractivity contribution in [3.8, 4) is 0 Å². The lowest BCUT2D eigenvalue weighted by molar-refractivity contribution is -0.137. The molecule has 2 atom stereocenters. The summed E-state index contributed by atoms with van der Waals surface area (Å²) >= 11 is 0. The number of carbonyl (C=O) groups is 2. The molecule has 2 unspecified atom stereocenters. The van der Waals surface area contributed by atoms with Crippen LogP contribution < -0.4 is 10.2 Å². The van der Waals surface area contributed by atoms with Crippen LogP contribution in [0.25, 0.3) is 0 Å². The highest BCUT2D eigenvalue weighted by Gasteiger charge is 2.55. The summed E-state index contributed by atoms with van der Waals surface area (Å²) in [4.78, 5) is 38.9. The predicted octanol–water partition coefficient (Wildman–Crippen LogP) is 2.47. The van der Waals surface area contributed by atoms with Crippen LogP contribution >= 0.6 is 0 Å². The maximum atomic E-state index is 13.6. The van der Waals surface area contributed by atoms with E-state index in [2.05, 4.69) is 15.2 Å². The molecule has 7 rings (SSSR count). The Hall–Kier alpha value is -2.22. The normalized spacial score (nSPS) is 35.1. The molecule has 1 aliphatic heterocycles. The van der Waals surface area contributed by atoms with E-state index in [4.69, 9.17) is 4.98 Å². The minimum absolute atomic E-state index is 0.0423. The highest BCUT2D eigenvalue weighted by molar-refractivity contribution is 5.95. The van der Waals surface area contributed by atoms with Crippen molar-refractivity contribution in [3.05, 3.63) is 17.5 Å². The Labute approximate surface area is 201 Å². The van der Waals surface area contributed by atoms with Crippen molar-refractivity contribution in [2.24, 2.45) is 17.8 Å². The largest absolute Gasteiger partial charge is 0.390 e. The van der Waals surface area contributed by atoms with Gasteiger partial charge in [0.05, 0.1) is 16.9 Å². The fourth-order valence-corrected chi connectivity index (χ4v) is 7.89. The Kier molecular flexibility index (Phi) is 5.54. The molecule has 1 aromatic rings. The number of nitrogens with one attached hydrogen (secondary N) is 1.